The smallest absolute Gasteiger partial charge is 0.136 e. The van der Waals surface area contributed by atoms with Gasteiger partial charge in [0.2, 0.25) is 0 Å². The molecule has 0 bridgehead atoms. The SMILES string of the molecule is CCc1cc2c(s1)Nc1cc(F)ccc1N=C2NC. The van der Waals surface area contributed by atoms with E-state index in [1.54, 1.807) is 17.4 Å². The van der Waals surface area contributed by atoms with E-state index < -0.39 is 0 Å². The van der Waals surface area contributed by atoms with Gasteiger partial charge in [0.05, 0.1) is 16.9 Å². The number of halogens is 1. The molecule has 1 aromatic heterocycles. The second-order valence-electron chi connectivity index (χ2n) is 4.31. The maximum atomic E-state index is 13.4. The van der Waals surface area contributed by atoms with E-state index in [0.29, 0.717) is 5.69 Å². The number of aliphatic imine (C=N–C) groups is 1. The molecule has 1 aliphatic heterocycles. The molecule has 0 aliphatic carbocycles. The van der Waals surface area contributed by atoms with Crippen molar-refractivity contribution in [1.82, 2.24) is 5.32 Å². The monoisotopic (exact) mass is 275 g/mol. The van der Waals surface area contributed by atoms with E-state index in [4.69, 9.17) is 0 Å². The van der Waals surface area contributed by atoms with Crippen LogP contribution in [0.4, 0.5) is 20.8 Å². The van der Waals surface area contributed by atoms with Gasteiger partial charge >= 0.3 is 0 Å². The van der Waals surface area contributed by atoms with Crippen LogP contribution in [0.1, 0.15) is 17.4 Å². The zero-order valence-electron chi connectivity index (χ0n) is 10.7. The number of fused-ring (bicyclic) bond motifs is 2. The normalized spacial score (nSPS) is 12.9. The van der Waals surface area contributed by atoms with Gasteiger partial charge in [0.1, 0.15) is 16.7 Å². The standard InChI is InChI=1S/C14H14FN3S/c1-3-9-7-10-13(16-2)17-11-5-4-8(15)6-12(11)18-14(10)19-9/h4-7,18H,3H2,1-2H3,(H,16,17). The summed E-state index contributed by atoms with van der Waals surface area (Å²) >= 11 is 1.68. The first-order valence-electron chi connectivity index (χ1n) is 6.17. The maximum absolute atomic E-state index is 13.4. The second-order valence-corrected chi connectivity index (χ2v) is 5.44. The molecule has 1 aliphatic rings. The predicted octanol–water partition coefficient (Wildman–Crippen LogP) is 3.80. The summed E-state index contributed by atoms with van der Waals surface area (Å²) in [6, 6.07) is 6.72. The molecule has 2 N–H and O–H groups in total. The average molecular weight is 275 g/mol. The summed E-state index contributed by atoms with van der Waals surface area (Å²) in [5.41, 5.74) is 2.49. The first-order chi connectivity index (χ1) is 9.21. The summed E-state index contributed by atoms with van der Waals surface area (Å²) in [6.45, 7) is 2.12. The first kappa shape index (κ1) is 12.2. The van der Waals surface area contributed by atoms with Gasteiger partial charge in [0, 0.05) is 11.9 Å². The predicted molar refractivity (Wildman–Crippen MR) is 78.6 cm³/mol. The van der Waals surface area contributed by atoms with Crippen LogP contribution < -0.4 is 10.6 Å². The Labute approximate surface area is 115 Å². The lowest BCUT2D eigenvalue weighted by atomic mass is 10.2. The summed E-state index contributed by atoms with van der Waals surface area (Å²) in [5, 5.41) is 7.41. The molecule has 0 fully saturated rings. The van der Waals surface area contributed by atoms with Crippen molar-refractivity contribution in [3.05, 3.63) is 40.5 Å². The summed E-state index contributed by atoms with van der Waals surface area (Å²) in [7, 11) is 1.85. The lowest BCUT2D eigenvalue weighted by Crippen LogP contribution is -2.18. The number of amidine groups is 1. The summed E-state index contributed by atoms with van der Waals surface area (Å²) in [6.07, 6.45) is 0.979. The van der Waals surface area contributed by atoms with Crippen LogP contribution in [0.15, 0.2) is 29.3 Å². The molecule has 0 spiro atoms. The first-order valence-corrected chi connectivity index (χ1v) is 6.99. The van der Waals surface area contributed by atoms with Crippen molar-refractivity contribution in [2.75, 3.05) is 12.4 Å². The van der Waals surface area contributed by atoms with Crippen LogP contribution in [0.25, 0.3) is 0 Å². The third kappa shape index (κ3) is 2.10. The molecule has 0 saturated heterocycles. The highest BCUT2D eigenvalue weighted by Crippen LogP contribution is 2.38. The number of nitrogens with zero attached hydrogens (tertiary/aromatic N) is 1. The molecule has 0 atom stereocenters. The van der Waals surface area contributed by atoms with E-state index in [1.807, 2.05) is 7.05 Å². The molecule has 0 unspecified atom stereocenters. The molecule has 5 heteroatoms. The van der Waals surface area contributed by atoms with Crippen LogP contribution in [0.5, 0.6) is 0 Å². The minimum absolute atomic E-state index is 0.261. The summed E-state index contributed by atoms with van der Waals surface area (Å²) in [5.74, 6) is 0.548. The van der Waals surface area contributed by atoms with E-state index in [-0.39, 0.29) is 5.82 Å². The number of thiophene rings is 1. The Kier molecular flexibility index (Phi) is 2.98. The number of aryl methyl sites for hydroxylation is 1. The Morgan fingerprint density at radius 2 is 2.21 bits per heavy atom. The van der Waals surface area contributed by atoms with Gasteiger partial charge in [-0.15, -0.1) is 11.3 Å². The minimum Gasteiger partial charge on any atom is -0.373 e. The fourth-order valence-corrected chi connectivity index (χ4v) is 3.09. The highest BCUT2D eigenvalue weighted by molar-refractivity contribution is 7.16. The lowest BCUT2D eigenvalue weighted by Gasteiger charge is -2.05. The van der Waals surface area contributed by atoms with Crippen molar-refractivity contribution in [1.29, 1.82) is 0 Å². The van der Waals surface area contributed by atoms with Crippen LogP contribution >= 0.6 is 11.3 Å². The van der Waals surface area contributed by atoms with Gasteiger partial charge in [-0.05, 0) is 30.7 Å². The summed E-state index contributed by atoms with van der Waals surface area (Å²) in [4.78, 5) is 5.85. The Balaban J connectivity index is 2.18. The van der Waals surface area contributed by atoms with Gasteiger partial charge in [-0.25, -0.2) is 9.38 Å². The number of hydrogen-bond acceptors (Lipinski definition) is 4. The van der Waals surface area contributed by atoms with Crippen LogP contribution in [-0.4, -0.2) is 12.9 Å². The van der Waals surface area contributed by atoms with Crippen molar-refractivity contribution in [3.63, 3.8) is 0 Å². The maximum Gasteiger partial charge on any atom is 0.136 e. The molecule has 19 heavy (non-hydrogen) atoms. The van der Waals surface area contributed by atoms with Gasteiger partial charge in [0.25, 0.3) is 0 Å². The molecule has 98 valence electrons. The molecular formula is C14H14FN3S. The fourth-order valence-electron chi connectivity index (χ4n) is 2.08. The Morgan fingerprint density at radius 1 is 1.37 bits per heavy atom. The number of benzene rings is 1. The molecule has 3 nitrogen and oxygen atoms in total. The summed E-state index contributed by atoms with van der Waals surface area (Å²) < 4.78 is 13.4. The van der Waals surface area contributed by atoms with Crippen molar-refractivity contribution < 1.29 is 4.39 Å². The van der Waals surface area contributed by atoms with E-state index in [0.717, 1.165) is 28.5 Å². The quantitative estimate of drug-likeness (QED) is 0.830. The molecule has 0 amide bonds. The molecule has 1 aromatic carbocycles. The van der Waals surface area contributed by atoms with Crippen molar-refractivity contribution in [2.24, 2.45) is 4.99 Å². The molecular weight excluding hydrogens is 261 g/mol. The topological polar surface area (TPSA) is 36.4 Å². The van der Waals surface area contributed by atoms with Gasteiger partial charge in [0.15, 0.2) is 0 Å². The molecule has 0 saturated carbocycles. The van der Waals surface area contributed by atoms with Crippen molar-refractivity contribution in [2.45, 2.75) is 13.3 Å². The largest absolute Gasteiger partial charge is 0.373 e. The third-order valence-electron chi connectivity index (χ3n) is 3.06. The van der Waals surface area contributed by atoms with E-state index >= 15 is 0 Å². The van der Waals surface area contributed by atoms with Gasteiger partial charge in [-0.1, -0.05) is 6.92 Å². The fraction of sp³-hybridized carbons (Fsp3) is 0.214. The minimum atomic E-state index is -0.261. The second kappa shape index (κ2) is 4.66. The molecule has 2 aromatic rings. The Hall–Kier alpha value is -1.88. The Bertz CT molecular complexity index is 661. The Morgan fingerprint density at radius 3 is 2.95 bits per heavy atom. The van der Waals surface area contributed by atoms with E-state index in [9.17, 15) is 4.39 Å². The molecule has 0 radical (unpaired) electrons. The van der Waals surface area contributed by atoms with Crippen LogP contribution in [0.2, 0.25) is 0 Å². The van der Waals surface area contributed by atoms with Crippen molar-refractivity contribution >= 4 is 33.5 Å². The highest BCUT2D eigenvalue weighted by atomic mass is 32.1. The van der Waals surface area contributed by atoms with Crippen LogP contribution in [0, 0.1) is 5.82 Å². The zero-order chi connectivity index (χ0) is 13.4. The highest BCUT2D eigenvalue weighted by Gasteiger charge is 2.18. The van der Waals surface area contributed by atoms with Crippen LogP contribution in [0.3, 0.4) is 0 Å². The zero-order valence-corrected chi connectivity index (χ0v) is 11.6. The molecule has 2 heterocycles. The average Bonchev–Trinajstić information content (AvgIpc) is 2.75. The van der Waals surface area contributed by atoms with Gasteiger partial charge in [-0.3, -0.25) is 0 Å². The van der Waals surface area contributed by atoms with Crippen molar-refractivity contribution in [3.8, 4) is 0 Å². The van der Waals surface area contributed by atoms with E-state index in [1.165, 1.54) is 17.0 Å². The number of hydrogen-bond donors (Lipinski definition) is 2. The number of nitrogens with one attached hydrogen (secondary N) is 2. The molecule has 3 rings (SSSR count). The lowest BCUT2D eigenvalue weighted by molar-refractivity contribution is 0.628. The van der Waals surface area contributed by atoms with Gasteiger partial charge in [-0.2, -0.15) is 0 Å². The van der Waals surface area contributed by atoms with Crippen LogP contribution in [-0.2, 0) is 6.42 Å². The van der Waals surface area contributed by atoms with Gasteiger partial charge < -0.3 is 10.6 Å². The third-order valence-corrected chi connectivity index (χ3v) is 4.26. The van der Waals surface area contributed by atoms with E-state index in [2.05, 4.69) is 28.6 Å². The number of rotatable bonds is 1. The number of anilines is 2.